The predicted octanol–water partition coefficient (Wildman–Crippen LogP) is 2.90. The number of pyridine rings is 1. The Kier molecular flexibility index (Phi) is 8.25. The van der Waals surface area contributed by atoms with E-state index < -0.39 is 5.92 Å². The molecule has 5 aliphatic rings. The van der Waals surface area contributed by atoms with Crippen molar-refractivity contribution in [1.29, 1.82) is 0 Å². The standard InChI is InChI=1S/C39H43N11O3S/c1-46-31-18-24(2-3-27(31)35(45-46)28-5-9-33(51)44-38(28)52)49-16-14-47(15-17-49)12-13-48-21-25(22-48)50-20-23(19-42-50)29-6-4-26-30(43-29)7-8-32-34(26)36-37(54-32)39(53)41-11-10-40-36/h2-4,6-8,18-19,23,25,28,40H,5,9-17,20-22H2,1H3,(H,41,53)(H,44,51,52). The maximum atomic E-state index is 12.6. The zero-order valence-corrected chi connectivity index (χ0v) is 31.1. The quantitative estimate of drug-likeness (QED) is 0.213. The van der Waals surface area contributed by atoms with E-state index in [1.54, 1.807) is 0 Å². The number of benzene rings is 2. The van der Waals surface area contributed by atoms with Gasteiger partial charge in [0.25, 0.3) is 5.91 Å². The molecule has 2 aromatic carbocycles. The number of carbonyl (C=O) groups excluding carboxylic acids is 3. The molecule has 8 heterocycles. The zero-order valence-electron chi connectivity index (χ0n) is 30.3. The largest absolute Gasteiger partial charge is 0.381 e. The molecular weight excluding hydrogens is 703 g/mol. The number of amides is 3. The Morgan fingerprint density at radius 3 is 2.56 bits per heavy atom. The molecule has 14 nitrogen and oxygen atoms in total. The van der Waals surface area contributed by atoms with Gasteiger partial charge in [-0.25, -0.2) is 0 Å². The van der Waals surface area contributed by atoms with Crippen LogP contribution in [0.25, 0.3) is 31.9 Å². The van der Waals surface area contributed by atoms with Crippen molar-refractivity contribution in [1.82, 2.24) is 40.2 Å². The first-order chi connectivity index (χ1) is 26.4. The first-order valence-electron chi connectivity index (χ1n) is 19.1. The molecule has 0 spiro atoms. The van der Waals surface area contributed by atoms with Gasteiger partial charge in [-0.1, -0.05) is 6.07 Å². The summed E-state index contributed by atoms with van der Waals surface area (Å²) in [5.74, 6) is -0.701. The summed E-state index contributed by atoms with van der Waals surface area (Å²) in [7, 11) is 1.92. The minimum atomic E-state index is -0.392. The second-order valence-electron chi connectivity index (χ2n) is 15.2. The number of nitrogens with zero attached hydrogens (tertiary/aromatic N) is 8. The van der Waals surface area contributed by atoms with E-state index in [4.69, 9.17) is 15.2 Å². The molecule has 3 saturated heterocycles. The lowest BCUT2D eigenvalue weighted by molar-refractivity contribution is -0.134. The average Bonchev–Trinajstić information content (AvgIpc) is 3.85. The molecule has 0 saturated carbocycles. The lowest BCUT2D eigenvalue weighted by Gasteiger charge is -2.44. The van der Waals surface area contributed by atoms with Gasteiger partial charge >= 0.3 is 0 Å². The molecule has 3 N–H and O–H groups in total. The number of hydrogen-bond donors (Lipinski definition) is 3. The van der Waals surface area contributed by atoms with Gasteiger partial charge in [-0.15, -0.1) is 11.3 Å². The molecule has 278 valence electrons. The third-order valence-electron chi connectivity index (χ3n) is 11.9. The van der Waals surface area contributed by atoms with Crippen LogP contribution in [0.3, 0.4) is 0 Å². The number of aromatic nitrogens is 3. The van der Waals surface area contributed by atoms with Crippen molar-refractivity contribution < 1.29 is 14.4 Å². The van der Waals surface area contributed by atoms with E-state index in [1.807, 2.05) is 11.7 Å². The summed E-state index contributed by atoms with van der Waals surface area (Å²) in [6, 6.07) is 15.3. The summed E-state index contributed by atoms with van der Waals surface area (Å²) in [6.45, 7) is 10.3. The molecule has 0 radical (unpaired) electrons. The Balaban J connectivity index is 0.705. The monoisotopic (exact) mass is 745 g/mol. The van der Waals surface area contributed by atoms with Crippen LogP contribution in [-0.2, 0) is 16.6 Å². The number of nitrogens with one attached hydrogen (secondary N) is 3. The molecular formula is C39H43N11O3S. The van der Waals surface area contributed by atoms with Crippen LogP contribution in [0.15, 0.2) is 47.6 Å². The van der Waals surface area contributed by atoms with Gasteiger partial charge in [-0.05, 0) is 42.8 Å². The average molecular weight is 746 g/mol. The third kappa shape index (κ3) is 5.85. The highest BCUT2D eigenvalue weighted by Crippen LogP contribution is 2.41. The van der Waals surface area contributed by atoms with E-state index in [-0.39, 0.29) is 23.6 Å². The molecule has 10 rings (SSSR count). The fourth-order valence-electron chi connectivity index (χ4n) is 8.78. The molecule has 3 amide bonds. The van der Waals surface area contributed by atoms with Crippen molar-refractivity contribution in [2.45, 2.75) is 30.7 Å². The second kappa shape index (κ2) is 13.3. The fourth-order valence-corrected chi connectivity index (χ4v) is 9.89. The Morgan fingerprint density at radius 2 is 1.70 bits per heavy atom. The van der Waals surface area contributed by atoms with Crippen LogP contribution in [0.1, 0.15) is 45.7 Å². The maximum absolute atomic E-state index is 12.6. The number of fused-ring (bicyclic) bond motifs is 6. The van der Waals surface area contributed by atoms with Crippen molar-refractivity contribution >= 4 is 78.5 Å². The predicted molar refractivity (Wildman–Crippen MR) is 211 cm³/mol. The highest BCUT2D eigenvalue weighted by Gasteiger charge is 2.36. The first-order valence-corrected chi connectivity index (χ1v) is 19.9. The number of carbonyl (C=O) groups is 3. The fraction of sp³-hybridized carbons (Fsp3) is 0.436. The first kappa shape index (κ1) is 33.4. The Morgan fingerprint density at radius 1 is 0.889 bits per heavy atom. The van der Waals surface area contributed by atoms with E-state index in [0.717, 1.165) is 113 Å². The smallest absolute Gasteiger partial charge is 0.263 e. The van der Waals surface area contributed by atoms with Crippen molar-refractivity contribution in [2.24, 2.45) is 12.1 Å². The van der Waals surface area contributed by atoms with Crippen LogP contribution in [0, 0.1) is 0 Å². The number of anilines is 2. The van der Waals surface area contributed by atoms with E-state index >= 15 is 0 Å². The lowest BCUT2D eigenvalue weighted by atomic mass is 9.93. The number of rotatable bonds is 7. The van der Waals surface area contributed by atoms with Gasteiger partial charge in [0.2, 0.25) is 11.8 Å². The van der Waals surface area contributed by atoms with Crippen LogP contribution in [0.2, 0.25) is 0 Å². The molecule has 0 bridgehead atoms. The molecule has 3 fully saturated rings. The number of piperazine rings is 1. The number of piperidine rings is 1. The highest BCUT2D eigenvalue weighted by molar-refractivity contribution is 7.21. The summed E-state index contributed by atoms with van der Waals surface area (Å²) < 4.78 is 2.96. The summed E-state index contributed by atoms with van der Waals surface area (Å²) in [4.78, 5) is 50.2. The van der Waals surface area contributed by atoms with Crippen LogP contribution in [0.5, 0.6) is 0 Å². The summed E-state index contributed by atoms with van der Waals surface area (Å²) in [5.41, 5.74) is 5.85. The van der Waals surface area contributed by atoms with Gasteiger partial charge in [-0.3, -0.25) is 44.2 Å². The SMILES string of the molecule is Cn1nc(C2CCC(=O)NC2=O)c2ccc(N3CCN(CCN4CC(N5CC(c6ccc7c(ccc8sc9c(c87)NCCNC9=O)n6)C=N5)C4)CC3)cc21. The number of thiophene rings is 1. The number of imide groups is 1. The third-order valence-corrected chi connectivity index (χ3v) is 13.0. The molecule has 3 aromatic heterocycles. The summed E-state index contributed by atoms with van der Waals surface area (Å²) in [5, 5.41) is 23.9. The van der Waals surface area contributed by atoms with Gasteiger partial charge in [-0.2, -0.15) is 10.2 Å². The van der Waals surface area contributed by atoms with Gasteiger partial charge in [0.1, 0.15) is 4.88 Å². The number of aryl methyl sites for hydroxylation is 1. The Bertz CT molecular complexity index is 2360. The van der Waals surface area contributed by atoms with Crippen LogP contribution in [0.4, 0.5) is 11.4 Å². The van der Waals surface area contributed by atoms with Gasteiger partial charge in [0.15, 0.2) is 0 Å². The number of hydrazone groups is 1. The molecule has 15 heteroatoms. The van der Waals surface area contributed by atoms with E-state index in [9.17, 15) is 14.4 Å². The molecule has 5 aromatic rings. The molecule has 2 unspecified atom stereocenters. The van der Waals surface area contributed by atoms with Crippen LogP contribution >= 0.6 is 11.3 Å². The van der Waals surface area contributed by atoms with Crippen LogP contribution in [-0.4, -0.2) is 132 Å². The number of likely N-dealkylation sites (tertiary alicyclic amines) is 1. The minimum absolute atomic E-state index is 0.00802. The van der Waals surface area contributed by atoms with Crippen molar-refractivity contribution in [3.8, 4) is 0 Å². The summed E-state index contributed by atoms with van der Waals surface area (Å²) in [6.07, 6.45) is 2.90. The van der Waals surface area contributed by atoms with Gasteiger partial charge < -0.3 is 15.5 Å². The Hall–Kier alpha value is -5.12. The second-order valence-corrected chi connectivity index (χ2v) is 16.2. The lowest BCUT2D eigenvalue weighted by Crippen LogP contribution is -2.59. The van der Waals surface area contributed by atoms with E-state index in [1.165, 1.54) is 17.0 Å². The molecule has 2 atom stereocenters. The van der Waals surface area contributed by atoms with Crippen LogP contribution < -0.4 is 20.9 Å². The van der Waals surface area contributed by atoms with Gasteiger partial charge in [0, 0.05) is 118 Å². The van der Waals surface area contributed by atoms with Crippen molar-refractivity contribution in [2.75, 3.05) is 82.2 Å². The highest BCUT2D eigenvalue weighted by atomic mass is 32.1. The zero-order chi connectivity index (χ0) is 36.5. The summed E-state index contributed by atoms with van der Waals surface area (Å²) >= 11 is 1.54. The molecule has 5 aliphatic heterocycles. The minimum Gasteiger partial charge on any atom is -0.381 e. The van der Waals surface area contributed by atoms with E-state index in [0.29, 0.717) is 32.0 Å². The molecule has 54 heavy (non-hydrogen) atoms. The van der Waals surface area contributed by atoms with Gasteiger partial charge in [0.05, 0.1) is 46.0 Å². The van der Waals surface area contributed by atoms with Crippen molar-refractivity contribution in [3.63, 3.8) is 0 Å². The number of hydrogen-bond acceptors (Lipinski definition) is 12. The van der Waals surface area contributed by atoms with Crippen molar-refractivity contribution in [3.05, 3.63) is 58.7 Å². The Labute approximate surface area is 316 Å². The topological polar surface area (TPSA) is 143 Å². The molecule has 0 aliphatic carbocycles. The maximum Gasteiger partial charge on any atom is 0.263 e. The normalized spacial score (nSPS) is 22.8. The van der Waals surface area contributed by atoms with E-state index in [2.05, 4.69) is 84.3 Å².